The SMILES string of the molecule is C=[Si]=C1CN(C(=O)OC(C)(C)C)C(C)(C)O[C@@H]1C. The first-order valence-electron chi connectivity index (χ1n) is 6.14. The van der Waals surface area contributed by atoms with Crippen LogP contribution in [0.1, 0.15) is 41.5 Å². The Kier molecular flexibility index (Phi) is 4.28. The van der Waals surface area contributed by atoms with E-state index in [1.165, 1.54) is 0 Å². The van der Waals surface area contributed by atoms with Crippen LogP contribution in [0, 0.1) is 0 Å². The average Bonchev–Trinajstić information content (AvgIpc) is 2.13. The van der Waals surface area contributed by atoms with Gasteiger partial charge in [0.25, 0.3) is 0 Å². The average molecular weight is 269 g/mol. The van der Waals surface area contributed by atoms with E-state index in [0.717, 1.165) is 5.17 Å². The molecule has 0 spiro atoms. The van der Waals surface area contributed by atoms with Crippen molar-refractivity contribution in [1.29, 1.82) is 0 Å². The van der Waals surface area contributed by atoms with Crippen LogP contribution in [0.2, 0.25) is 0 Å². The van der Waals surface area contributed by atoms with Gasteiger partial charge in [-0.25, -0.2) is 4.79 Å². The summed E-state index contributed by atoms with van der Waals surface area (Å²) in [4.78, 5) is 13.8. The topological polar surface area (TPSA) is 38.8 Å². The van der Waals surface area contributed by atoms with Gasteiger partial charge in [-0.3, -0.25) is 4.90 Å². The molecule has 1 amide bonds. The molecular formula is C13H23NO3Si. The Labute approximate surface area is 111 Å². The fourth-order valence-electron chi connectivity index (χ4n) is 1.86. The van der Waals surface area contributed by atoms with Crippen molar-refractivity contribution in [2.45, 2.75) is 59.0 Å². The second-order valence-corrected chi connectivity index (χ2v) is 6.97. The predicted molar refractivity (Wildman–Crippen MR) is 75.4 cm³/mol. The van der Waals surface area contributed by atoms with Crippen molar-refractivity contribution in [3.8, 4) is 0 Å². The van der Waals surface area contributed by atoms with Crippen LogP contribution in [0.25, 0.3) is 0 Å². The van der Waals surface area contributed by atoms with E-state index in [2.05, 4.69) is 6.17 Å². The summed E-state index contributed by atoms with van der Waals surface area (Å²) in [6, 6.07) is 0. The third-order valence-corrected chi connectivity index (χ3v) is 3.79. The van der Waals surface area contributed by atoms with E-state index in [1.807, 2.05) is 41.5 Å². The van der Waals surface area contributed by atoms with Gasteiger partial charge in [0, 0.05) is 0 Å². The molecule has 0 aromatic carbocycles. The number of carbonyl (C=O) groups excluding carboxylic acids is 1. The maximum absolute atomic E-state index is 12.2. The molecule has 1 atom stereocenters. The van der Waals surface area contributed by atoms with E-state index in [9.17, 15) is 4.79 Å². The number of hydrogen-bond donors (Lipinski definition) is 0. The molecule has 1 rings (SSSR count). The monoisotopic (exact) mass is 269 g/mol. The summed E-state index contributed by atoms with van der Waals surface area (Å²) in [7, 11) is 0.422. The second-order valence-electron chi connectivity index (χ2n) is 5.98. The van der Waals surface area contributed by atoms with Gasteiger partial charge in [0.2, 0.25) is 0 Å². The Balaban J connectivity index is 2.92. The molecule has 0 aliphatic carbocycles. The molecule has 18 heavy (non-hydrogen) atoms. The predicted octanol–water partition coefficient (Wildman–Crippen LogP) is 1.69. The number of rotatable bonds is 0. The fraction of sp³-hybridized carbons (Fsp3) is 0.769. The fourth-order valence-corrected chi connectivity index (χ4v) is 2.47. The summed E-state index contributed by atoms with van der Waals surface area (Å²) in [5, 5.41) is 1.14. The van der Waals surface area contributed by atoms with Gasteiger partial charge >= 0.3 is 6.09 Å². The summed E-state index contributed by atoms with van der Waals surface area (Å²) in [6.07, 6.45) is 3.61. The Morgan fingerprint density at radius 1 is 1.56 bits per heavy atom. The van der Waals surface area contributed by atoms with Crippen LogP contribution in [-0.2, 0) is 9.47 Å². The summed E-state index contributed by atoms with van der Waals surface area (Å²) in [5.74, 6) is 0. The maximum Gasteiger partial charge on any atom is 0.412 e. The first-order valence-corrected chi connectivity index (χ1v) is 7.35. The van der Waals surface area contributed by atoms with E-state index >= 15 is 0 Å². The van der Waals surface area contributed by atoms with E-state index in [0.29, 0.717) is 15.3 Å². The summed E-state index contributed by atoms with van der Waals surface area (Å²) in [6.45, 7) is 11.9. The van der Waals surface area contributed by atoms with Crippen LogP contribution in [0.3, 0.4) is 0 Å². The van der Waals surface area contributed by atoms with Crippen molar-refractivity contribution in [2.24, 2.45) is 0 Å². The van der Waals surface area contributed by atoms with E-state index < -0.39 is 11.3 Å². The van der Waals surface area contributed by atoms with Gasteiger partial charge in [0.15, 0.2) is 0 Å². The Hall–Kier alpha value is -0.813. The lowest BCUT2D eigenvalue weighted by atomic mass is 10.1. The molecule has 0 aromatic rings. The van der Waals surface area contributed by atoms with Crippen molar-refractivity contribution in [2.75, 3.05) is 6.54 Å². The maximum atomic E-state index is 12.2. The molecule has 5 heteroatoms. The third kappa shape index (κ3) is 3.59. The molecule has 1 heterocycles. The number of nitrogens with zero attached hydrogens (tertiary/aromatic N) is 1. The lowest BCUT2D eigenvalue weighted by Crippen LogP contribution is -2.60. The zero-order chi connectivity index (χ0) is 14.1. The van der Waals surface area contributed by atoms with E-state index in [4.69, 9.17) is 9.47 Å². The van der Waals surface area contributed by atoms with Crippen LogP contribution in [0.15, 0.2) is 0 Å². The molecule has 0 saturated carbocycles. The minimum atomic E-state index is -0.648. The molecule has 102 valence electrons. The van der Waals surface area contributed by atoms with Crippen molar-refractivity contribution in [3.63, 3.8) is 0 Å². The molecule has 0 radical (unpaired) electrons. The summed E-state index contributed by atoms with van der Waals surface area (Å²) < 4.78 is 11.3. The highest BCUT2D eigenvalue weighted by molar-refractivity contribution is 6.58. The van der Waals surface area contributed by atoms with Crippen LogP contribution < -0.4 is 0 Å². The Bertz CT molecular complexity index is 392. The summed E-state index contributed by atoms with van der Waals surface area (Å²) >= 11 is 0. The van der Waals surface area contributed by atoms with Crippen molar-refractivity contribution in [1.82, 2.24) is 4.90 Å². The molecule has 0 aromatic heterocycles. The van der Waals surface area contributed by atoms with Gasteiger partial charge in [-0.05, 0) is 55.5 Å². The standard InChI is InChI=1S/C13H23NO3Si/c1-9-10(18-7)8-14(13(5,6)16-9)11(15)17-12(2,3)4/h9H,7-8H2,1-6H3/t9-/m1/s1. The minimum absolute atomic E-state index is 0.0366. The first-order chi connectivity index (χ1) is 8.07. The molecule has 0 N–H and O–H groups in total. The molecule has 1 aliphatic heterocycles. The number of hydrogen-bond acceptors (Lipinski definition) is 3. The van der Waals surface area contributed by atoms with Crippen LogP contribution >= 0.6 is 0 Å². The van der Waals surface area contributed by atoms with Crippen molar-refractivity contribution in [3.05, 3.63) is 0 Å². The zero-order valence-corrected chi connectivity index (χ0v) is 13.2. The molecule has 0 bridgehead atoms. The van der Waals surface area contributed by atoms with E-state index in [1.54, 1.807) is 4.90 Å². The lowest BCUT2D eigenvalue weighted by Gasteiger charge is -2.45. The highest BCUT2D eigenvalue weighted by Gasteiger charge is 2.41. The van der Waals surface area contributed by atoms with Crippen LogP contribution in [-0.4, -0.2) is 55.1 Å². The number of ether oxygens (including phenoxy) is 2. The molecule has 1 fully saturated rings. The highest BCUT2D eigenvalue weighted by Crippen LogP contribution is 2.25. The lowest BCUT2D eigenvalue weighted by molar-refractivity contribution is -0.146. The van der Waals surface area contributed by atoms with Gasteiger partial charge in [0.05, 0.1) is 12.6 Å². The highest BCUT2D eigenvalue weighted by atomic mass is 28.1. The summed E-state index contributed by atoms with van der Waals surface area (Å²) in [5.41, 5.74) is -1.14. The van der Waals surface area contributed by atoms with Gasteiger partial charge in [-0.1, -0.05) is 6.17 Å². The molecule has 1 saturated heterocycles. The molecular weight excluding hydrogens is 246 g/mol. The van der Waals surface area contributed by atoms with E-state index in [-0.39, 0.29) is 12.2 Å². The van der Waals surface area contributed by atoms with Crippen LogP contribution in [0.5, 0.6) is 0 Å². The Morgan fingerprint density at radius 3 is 2.56 bits per heavy atom. The largest absolute Gasteiger partial charge is 0.444 e. The quantitative estimate of drug-likeness (QED) is 0.628. The molecule has 1 aliphatic rings. The zero-order valence-electron chi connectivity index (χ0n) is 12.2. The van der Waals surface area contributed by atoms with Gasteiger partial charge in [-0.2, -0.15) is 0 Å². The van der Waals surface area contributed by atoms with Gasteiger partial charge < -0.3 is 9.47 Å². The second kappa shape index (κ2) is 5.05. The Morgan fingerprint density at radius 2 is 2.11 bits per heavy atom. The van der Waals surface area contributed by atoms with Crippen molar-refractivity contribution < 1.29 is 14.3 Å². The van der Waals surface area contributed by atoms with Gasteiger partial charge in [0.1, 0.15) is 11.3 Å². The smallest absolute Gasteiger partial charge is 0.412 e. The van der Waals surface area contributed by atoms with Gasteiger partial charge in [-0.15, -0.1) is 0 Å². The number of amides is 1. The minimum Gasteiger partial charge on any atom is -0.444 e. The van der Waals surface area contributed by atoms with Crippen LogP contribution in [0.4, 0.5) is 4.79 Å². The first kappa shape index (κ1) is 15.2. The number of carbonyl (C=O) groups is 1. The molecule has 0 unspecified atom stereocenters. The third-order valence-electron chi connectivity index (χ3n) is 2.78. The van der Waals surface area contributed by atoms with Crippen molar-refractivity contribution >= 4 is 26.2 Å². The molecule has 4 nitrogen and oxygen atoms in total. The normalized spacial score (nSPS) is 23.6.